The minimum absolute atomic E-state index is 0.0660. The molecule has 0 spiro atoms. The maximum atomic E-state index is 13.5. The number of amides is 1. The Morgan fingerprint density at radius 2 is 1.18 bits per heavy atom. The molecule has 0 saturated carbocycles. The van der Waals surface area contributed by atoms with Crippen LogP contribution in [0, 0.1) is 0 Å². The summed E-state index contributed by atoms with van der Waals surface area (Å²) in [6.45, 7) is 0.0913. The van der Waals surface area contributed by atoms with Crippen LogP contribution < -0.4 is 0 Å². The zero-order chi connectivity index (χ0) is 28.0. The van der Waals surface area contributed by atoms with Crippen LogP contribution in [-0.2, 0) is 18.9 Å². The highest BCUT2D eigenvalue weighted by Crippen LogP contribution is 2.32. The summed E-state index contributed by atoms with van der Waals surface area (Å²) >= 11 is 0. The Morgan fingerprint density at radius 3 is 1.69 bits per heavy atom. The lowest BCUT2D eigenvalue weighted by atomic mass is 9.88. The van der Waals surface area contributed by atoms with Gasteiger partial charge in [0, 0.05) is 24.6 Å². The summed E-state index contributed by atoms with van der Waals surface area (Å²) in [5.41, 5.74) is 0.519. The molecule has 0 fully saturated rings. The minimum atomic E-state index is -4.62. The van der Waals surface area contributed by atoms with E-state index in [9.17, 15) is 31.1 Å². The van der Waals surface area contributed by atoms with Crippen molar-refractivity contribution in [2.24, 2.45) is 0 Å². The van der Waals surface area contributed by atoms with Crippen molar-refractivity contribution in [1.29, 1.82) is 0 Å². The van der Waals surface area contributed by atoms with Gasteiger partial charge in [-0.1, -0.05) is 78.9 Å². The Balaban J connectivity index is 1.65. The van der Waals surface area contributed by atoms with Crippen LogP contribution in [0.5, 0.6) is 0 Å². The van der Waals surface area contributed by atoms with Crippen molar-refractivity contribution in [2.75, 3.05) is 6.54 Å². The third kappa shape index (κ3) is 7.28. The highest BCUT2D eigenvalue weighted by molar-refractivity contribution is 5.94. The average molecular weight is 542 g/mol. The molecule has 0 aromatic heterocycles. The van der Waals surface area contributed by atoms with Crippen LogP contribution in [0.4, 0.5) is 26.3 Å². The number of halogens is 6. The first-order valence-electron chi connectivity index (χ1n) is 12.2. The van der Waals surface area contributed by atoms with E-state index >= 15 is 0 Å². The molecule has 0 unspecified atom stereocenters. The second kappa shape index (κ2) is 11.8. The smallest absolute Gasteiger partial charge is 0.334 e. The number of alkyl halides is 6. The van der Waals surface area contributed by atoms with Gasteiger partial charge in [-0.15, -0.1) is 0 Å². The van der Waals surface area contributed by atoms with Crippen molar-refractivity contribution in [3.05, 3.63) is 143 Å². The molecule has 8 heteroatoms. The summed E-state index contributed by atoms with van der Waals surface area (Å²) < 4.78 is 79.1. The predicted molar refractivity (Wildman–Crippen MR) is 137 cm³/mol. The van der Waals surface area contributed by atoms with E-state index < -0.39 is 29.4 Å². The highest BCUT2D eigenvalue weighted by Gasteiger charge is 2.32. The molecule has 4 rings (SSSR count). The van der Waals surface area contributed by atoms with E-state index in [2.05, 4.69) is 0 Å². The molecule has 0 N–H and O–H groups in total. The van der Waals surface area contributed by atoms with Crippen LogP contribution in [0.1, 0.15) is 50.5 Å². The van der Waals surface area contributed by atoms with Gasteiger partial charge in [0.15, 0.2) is 0 Å². The molecular formula is C31H25F6NO. The third-order valence-corrected chi connectivity index (χ3v) is 6.47. The van der Waals surface area contributed by atoms with Crippen LogP contribution >= 0.6 is 0 Å². The Bertz CT molecular complexity index is 1330. The number of carbonyl (C=O) groups is 1. The highest BCUT2D eigenvalue weighted by atomic mass is 19.4. The lowest BCUT2D eigenvalue weighted by molar-refractivity contribution is -0.138. The van der Waals surface area contributed by atoms with Gasteiger partial charge >= 0.3 is 12.4 Å². The van der Waals surface area contributed by atoms with Gasteiger partial charge < -0.3 is 4.90 Å². The van der Waals surface area contributed by atoms with E-state index in [1.54, 1.807) is 0 Å². The van der Waals surface area contributed by atoms with Crippen LogP contribution in [0.2, 0.25) is 0 Å². The van der Waals surface area contributed by atoms with Gasteiger partial charge in [-0.05, 0) is 53.4 Å². The van der Waals surface area contributed by atoms with Crippen LogP contribution in [0.3, 0.4) is 0 Å². The average Bonchev–Trinajstić information content (AvgIpc) is 2.93. The van der Waals surface area contributed by atoms with Gasteiger partial charge in [0.25, 0.3) is 5.91 Å². The first-order valence-corrected chi connectivity index (χ1v) is 12.2. The maximum Gasteiger partial charge on any atom is 0.416 e. The Hall–Kier alpha value is -4.07. The summed E-state index contributed by atoms with van der Waals surface area (Å²) in [4.78, 5) is 14.9. The van der Waals surface area contributed by atoms with Crippen molar-refractivity contribution < 1.29 is 31.1 Å². The molecule has 0 radical (unpaired) electrons. The summed E-state index contributed by atoms with van der Waals surface area (Å²) in [6.07, 6.45) is -8.69. The molecule has 4 aromatic rings. The molecule has 0 aliphatic heterocycles. The first kappa shape index (κ1) is 28.0. The van der Waals surface area contributed by atoms with Crippen LogP contribution in [0.15, 0.2) is 109 Å². The Labute approximate surface area is 222 Å². The molecule has 202 valence electrons. The molecule has 0 bridgehead atoms. The summed E-state index contributed by atoms with van der Waals surface area (Å²) in [5, 5.41) is 0. The van der Waals surface area contributed by atoms with Gasteiger partial charge in [0.05, 0.1) is 11.1 Å². The van der Waals surface area contributed by atoms with Crippen molar-refractivity contribution in [2.45, 2.75) is 31.2 Å². The fourth-order valence-electron chi connectivity index (χ4n) is 4.46. The number of carbonyl (C=O) groups excluding carboxylic acids is 1. The minimum Gasteiger partial charge on any atom is -0.334 e. The summed E-state index contributed by atoms with van der Waals surface area (Å²) in [7, 11) is 0. The molecule has 0 aliphatic rings. The normalized spacial score (nSPS) is 12.0. The molecule has 0 aliphatic carbocycles. The van der Waals surface area contributed by atoms with E-state index in [-0.39, 0.29) is 24.6 Å². The molecule has 0 atom stereocenters. The van der Waals surface area contributed by atoms with Crippen molar-refractivity contribution in [3.63, 3.8) is 0 Å². The largest absolute Gasteiger partial charge is 0.416 e. The second-order valence-corrected chi connectivity index (χ2v) is 9.16. The van der Waals surface area contributed by atoms with E-state index in [1.807, 2.05) is 60.7 Å². The number of hydrogen-bond donors (Lipinski definition) is 0. The Kier molecular flexibility index (Phi) is 8.43. The number of rotatable bonds is 8. The van der Waals surface area contributed by atoms with E-state index in [1.165, 1.54) is 29.2 Å². The van der Waals surface area contributed by atoms with Gasteiger partial charge in [0.2, 0.25) is 0 Å². The zero-order valence-electron chi connectivity index (χ0n) is 20.7. The van der Waals surface area contributed by atoms with Gasteiger partial charge in [0.1, 0.15) is 0 Å². The van der Waals surface area contributed by atoms with Crippen molar-refractivity contribution >= 4 is 5.91 Å². The number of benzene rings is 4. The standard InChI is InChI=1S/C31H25F6NO/c32-30(33,34)26-16-14-22(15-17-26)21-38(29(39)25-12-7-13-27(20-25)31(35,36)37)19-18-28(23-8-3-1-4-9-23)24-10-5-2-6-11-24/h1-17,20,28H,18-19,21H2. The second-order valence-electron chi connectivity index (χ2n) is 9.16. The summed E-state index contributed by atoms with van der Waals surface area (Å²) in [5.74, 6) is -0.752. The third-order valence-electron chi connectivity index (χ3n) is 6.47. The quantitative estimate of drug-likeness (QED) is 0.205. The fourth-order valence-corrected chi connectivity index (χ4v) is 4.46. The summed E-state index contributed by atoms with van der Waals surface area (Å²) in [6, 6.07) is 27.8. The molecule has 2 nitrogen and oxygen atoms in total. The molecule has 4 aromatic carbocycles. The molecular weight excluding hydrogens is 516 g/mol. The number of nitrogens with zero attached hydrogens (tertiary/aromatic N) is 1. The predicted octanol–water partition coefficient (Wildman–Crippen LogP) is 8.59. The topological polar surface area (TPSA) is 20.3 Å². The Morgan fingerprint density at radius 1 is 0.641 bits per heavy atom. The monoisotopic (exact) mass is 541 g/mol. The van der Waals surface area contributed by atoms with E-state index in [4.69, 9.17) is 0 Å². The van der Waals surface area contributed by atoms with E-state index in [0.29, 0.717) is 12.0 Å². The maximum absolute atomic E-state index is 13.5. The van der Waals surface area contributed by atoms with Crippen molar-refractivity contribution in [1.82, 2.24) is 4.90 Å². The van der Waals surface area contributed by atoms with Gasteiger partial charge in [-0.2, -0.15) is 26.3 Å². The molecule has 39 heavy (non-hydrogen) atoms. The van der Waals surface area contributed by atoms with Gasteiger partial charge in [-0.25, -0.2) is 0 Å². The molecule has 0 heterocycles. The van der Waals surface area contributed by atoms with Crippen LogP contribution in [-0.4, -0.2) is 17.4 Å². The zero-order valence-corrected chi connectivity index (χ0v) is 20.7. The lowest BCUT2D eigenvalue weighted by Gasteiger charge is -2.27. The van der Waals surface area contributed by atoms with Gasteiger partial charge in [-0.3, -0.25) is 4.79 Å². The molecule has 0 saturated heterocycles. The lowest BCUT2D eigenvalue weighted by Crippen LogP contribution is -2.32. The van der Waals surface area contributed by atoms with E-state index in [0.717, 1.165) is 35.4 Å². The molecule has 1 amide bonds. The number of hydrogen-bond acceptors (Lipinski definition) is 1. The SMILES string of the molecule is O=C(c1cccc(C(F)(F)F)c1)N(CCC(c1ccccc1)c1ccccc1)Cc1ccc(C(F)(F)F)cc1. The fraction of sp³-hybridized carbons (Fsp3) is 0.194. The first-order chi connectivity index (χ1) is 18.5. The van der Waals surface area contributed by atoms with Crippen LogP contribution in [0.25, 0.3) is 0 Å². The van der Waals surface area contributed by atoms with Crippen molar-refractivity contribution in [3.8, 4) is 0 Å².